The normalized spacial score (nSPS) is 18.5. The van der Waals surface area contributed by atoms with Crippen molar-refractivity contribution in [2.75, 3.05) is 54.0 Å². The molecule has 148 valence electrons. The number of rotatable bonds is 7. The highest BCUT2D eigenvalue weighted by molar-refractivity contribution is 14.0. The number of nitrogens with zero attached hydrogens (tertiary/aromatic N) is 3. The highest BCUT2D eigenvalue weighted by Gasteiger charge is 2.20. The maximum atomic E-state index is 13.6. The molecule has 0 radical (unpaired) electrons. The summed E-state index contributed by atoms with van der Waals surface area (Å²) in [6.45, 7) is 6.07. The van der Waals surface area contributed by atoms with E-state index in [2.05, 4.69) is 29.1 Å². The Morgan fingerprint density at radius 2 is 2.15 bits per heavy atom. The van der Waals surface area contributed by atoms with Crippen molar-refractivity contribution < 1.29 is 9.13 Å². The van der Waals surface area contributed by atoms with Crippen LogP contribution in [0.2, 0.25) is 0 Å². The SMILES string of the molecule is CCNC(=NCC(c1cccc(F)c1)N(C)C)N(C)CC1CCOC1.I. The summed E-state index contributed by atoms with van der Waals surface area (Å²) in [5.74, 6) is 1.23. The minimum atomic E-state index is -0.210. The van der Waals surface area contributed by atoms with Crippen molar-refractivity contribution >= 4 is 29.9 Å². The number of guanidine groups is 1. The summed E-state index contributed by atoms with van der Waals surface area (Å²) < 4.78 is 19.0. The monoisotopic (exact) mass is 478 g/mol. The van der Waals surface area contributed by atoms with Crippen molar-refractivity contribution in [2.45, 2.75) is 19.4 Å². The van der Waals surface area contributed by atoms with E-state index < -0.39 is 0 Å². The first-order valence-corrected chi connectivity index (χ1v) is 9.00. The predicted molar refractivity (Wildman–Crippen MR) is 116 cm³/mol. The summed E-state index contributed by atoms with van der Waals surface area (Å²) in [5.41, 5.74) is 0.941. The quantitative estimate of drug-likeness (QED) is 0.372. The number of benzene rings is 1. The van der Waals surface area contributed by atoms with E-state index in [4.69, 9.17) is 9.73 Å². The van der Waals surface area contributed by atoms with Gasteiger partial charge in [0.15, 0.2) is 5.96 Å². The van der Waals surface area contributed by atoms with Gasteiger partial charge < -0.3 is 19.9 Å². The van der Waals surface area contributed by atoms with Crippen molar-refractivity contribution in [2.24, 2.45) is 10.9 Å². The third-order valence-electron chi connectivity index (χ3n) is 4.52. The zero-order valence-corrected chi connectivity index (χ0v) is 18.6. The molecule has 2 rings (SSSR count). The fraction of sp³-hybridized carbons (Fsp3) is 0.632. The second-order valence-corrected chi connectivity index (χ2v) is 6.84. The zero-order chi connectivity index (χ0) is 18.2. The molecule has 5 nitrogen and oxygen atoms in total. The minimum Gasteiger partial charge on any atom is -0.381 e. The molecule has 2 atom stereocenters. The Labute approximate surface area is 174 Å². The number of likely N-dealkylation sites (N-methyl/N-ethyl adjacent to an activating group) is 1. The van der Waals surface area contributed by atoms with Crippen LogP contribution in [0, 0.1) is 11.7 Å². The maximum absolute atomic E-state index is 13.6. The average molecular weight is 478 g/mol. The van der Waals surface area contributed by atoms with Crippen molar-refractivity contribution in [3.8, 4) is 0 Å². The van der Waals surface area contributed by atoms with Crippen LogP contribution in [0.3, 0.4) is 0 Å². The van der Waals surface area contributed by atoms with Crippen molar-refractivity contribution in [1.29, 1.82) is 0 Å². The van der Waals surface area contributed by atoms with Gasteiger partial charge in [0.05, 0.1) is 19.2 Å². The molecule has 0 aromatic heterocycles. The Morgan fingerprint density at radius 1 is 1.38 bits per heavy atom. The van der Waals surface area contributed by atoms with E-state index in [0.29, 0.717) is 12.5 Å². The molecular weight excluding hydrogens is 446 g/mol. The lowest BCUT2D eigenvalue weighted by atomic mass is 10.1. The van der Waals surface area contributed by atoms with Gasteiger partial charge in [-0.1, -0.05) is 12.1 Å². The number of nitrogens with one attached hydrogen (secondary N) is 1. The highest BCUT2D eigenvalue weighted by Crippen LogP contribution is 2.20. The molecule has 1 aliphatic heterocycles. The molecule has 2 unspecified atom stereocenters. The Kier molecular flexibility index (Phi) is 10.4. The lowest BCUT2D eigenvalue weighted by Crippen LogP contribution is -2.42. The first-order valence-electron chi connectivity index (χ1n) is 9.00. The van der Waals surface area contributed by atoms with Crippen LogP contribution in [-0.2, 0) is 4.74 Å². The van der Waals surface area contributed by atoms with Crippen LogP contribution in [0.15, 0.2) is 29.3 Å². The molecule has 0 amide bonds. The van der Waals surface area contributed by atoms with E-state index in [-0.39, 0.29) is 35.8 Å². The molecule has 26 heavy (non-hydrogen) atoms. The first kappa shape index (κ1) is 23.1. The van der Waals surface area contributed by atoms with E-state index >= 15 is 0 Å². The topological polar surface area (TPSA) is 40.1 Å². The van der Waals surface area contributed by atoms with Crippen molar-refractivity contribution in [3.05, 3.63) is 35.6 Å². The van der Waals surface area contributed by atoms with Gasteiger partial charge in [-0.3, -0.25) is 4.99 Å². The lowest BCUT2D eigenvalue weighted by Gasteiger charge is -2.27. The van der Waals surface area contributed by atoms with Crippen LogP contribution in [0.4, 0.5) is 4.39 Å². The molecule has 0 bridgehead atoms. The smallest absolute Gasteiger partial charge is 0.193 e. The third kappa shape index (κ3) is 7.00. The molecule has 0 spiro atoms. The Bertz CT molecular complexity index is 564. The third-order valence-corrected chi connectivity index (χ3v) is 4.52. The van der Waals surface area contributed by atoms with Gasteiger partial charge in [0.25, 0.3) is 0 Å². The maximum Gasteiger partial charge on any atom is 0.193 e. The van der Waals surface area contributed by atoms with Gasteiger partial charge in [0, 0.05) is 32.7 Å². The van der Waals surface area contributed by atoms with E-state index in [1.54, 1.807) is 12.1 Å². The van der Waals surface area contributed by atoms with Crippen LogP contribution in [0.1, 0.15) is 24.9 Å². The zero-order valence-electron chi connectivity index (χ0n) is 16.2. The summed E-state index contributed by atoms with van der Waals surface area (Å²) in [5, 5.41) is 3.36. The summed E-state index contributed by atoms with van der Waals surface area (Å²) in [6, 6.07) is 6.80. The molecule has 1 aliphatic rings. The average Bonchev–Trinajstić information content (AvgIpc) is 3.06. The van der Waals surface area contributed by atoms with Gasteiger partial charge in [-0.05, 0) is 45.1 Å². The molecule has 1 aromatic rings. The van der Waals surface area contributed by atoms with Crippen molar-refractivity contribution in [1.82, 2.24) is 15.1 Å². The molecule has 1 fully saturated rings. The summed E-state index contributed by atoms with van der Waals surface area (Å²) in [6.07, 6.45) is 1.10. The van der Waals surface area contributed by atoms with Crippen LogP contribution >= 0.6 is 24.0 Å². The van der Waals surface area contributed by atoms with Crippen LogP contribution < -0.4 is 5.32 Å². The predicted octanol–water partition coefficient (Wildman–Crippen LogP) is 2.98. The molecule has 0 aliphatic carbocycles. The van der Waals surface area contributed by atoms with Gasteiger partial charge >= 0.3 is 0 Å². The number of hydrogen-bond donors (Lipinski definition) is 1. The second kappa shape index (κ2) is 11.7. The van der Waals surface area contributed by atoms with Crippen LogP contribution in [0.25, 0.3) is 0 Å². The Balaban J connectivity index is 0.00000338. The number of hydrogen-bond acceptors (Lipinski definition) is 3. The molecule has 7 heteroatoms. The number of aliphatic imine (C=N–C) groups is 1. The molecule has 1 aromatic carbocycles. The summed E-state index contributed by atoms with van der Waals surface area (Å²) >= 11 is 0. The molecular formula is C19H32FIN4O. The molecule has 1 heterocycles. The number of ether oxygens (including phenoxy) is 1. The Hall–Kier alpha value is -0.930. The minimum absolute atomic E-state index is 0. The molecule has 1 N–H and O–H groups in total. The van der Waals surface area contributed by atoms with Gasteiger partial charge in [-0.15, -0.1) is 24.0 Å². The molecule has 1 saturated heterocycles. The van der Waals surface area contributed by atoms with Crippen molar-refractivity contribution in [3.63, 3.8) is 0 Å². The first-order chi connectivity index (χ1) is 12.0. The van der Waals surface area contributed by atoms with Gasteiger partial charge in [-0.2, -0.15) is 0 Å². The largest absolute Gasteiger partial charge is 0.381 e. The second-order valence-electron chi connectivity index (χ2n) is 6.84. The summed E-state index contributed by atoms with van der Waals surface area (Å²) in [4.78, 5) is 9.05. The fourth-order valence-corrected chi connectivity index (χ4v) is 3.12. The van der Waals surface area contributed by atoms with E-state index in [0.717, 1.165) is 44.2 Å². The van der Waals surface area contributed by atoms with E-state index in [1.807, 2.05) is 20.2 Å². The lowest BCUT2D eigenvalue weighted by molar-refractivity contribution is 0.181. The summed E-state index contributed by atoms with van der Waals surface area (Å²) in [7, 11) is 6.06. The van der Waals surface area contributed by atoms with Gasteiger partial charge in [-0.25, -0.2) is 4.39 Å². The fourth-order valence-electron chi connectivity index (χ4n) is 3.12. The van der Waals surface area contributed by atoms with Gasteiger partial charge in [0.1, 0.15) is 5.82 Å². The highest BCUT2D eigenvalue weighted by atomic mass is 127. The number of halogens is 2. The van der Waals surface area contributed by atoms with Crippen LogP contribution in [-0.4, -0.2) is 69.8 Å². The van der Waals surface area contributed by atoms with Crippen LogP contribution in [0.5, 0.6) is 0 Å². The van der Waals surface area contributed by atoms with Gasteiger partial charge in [0.2, 0.25) is 0 Å². The van der Waals surface area contributed by atoms with E-state index in [1.165, 1.54) is 6.07 Å². The standard InChI is InChI=1S/C19H31FN4O.HI/c1-5-21-19(24(4)13-15-9-10-25-14-15)22-12-18(23(2)3)16-7-6-8-17(20)11-16;/h6-8,11,15,18H,5,9-10,12-14H2,1-4H3,(H,21,22);1H. The Morgan fingerprint density at radius 3 is 2.73 bits per heavy atom. The molecule has 0 saturated carbocycles. The van der Waals surface area contributed by atoms with E-state index in [9.17, 15) is 4.39 Å².